The number of primary amides is 1. The summed E-state index contributed by atoms with van der Waals surface area (Å²) in [5.74, 6) is -0.489. The van der Waals surface area contributed by atoms with Gasteiger partial charge in [0.05, 0.1) is 11.6 Å². The summed E-state index contributed by atoms with van der Waals surface area (Å²) < 4.78 is 1.90. The van der Waals surface area contributed by atoms with Crippen LogP contribution in [0.2, 0.25) is 0 Å². The molecular formula is C23H24N4O. The molecule has 1 aromatic heterocycles. The Morgan fingerprint density at radius 3 is 2.57 bits per heavy atom. The van der Waals surface area contributed by atoms with Crippen LogP contribution in [0, 0.1) is 11.3 Å². The van der Waals surface area contributed by atoms with Crippen LogP contribution in [0.25, 0.3) is 11.1 Å². The third-order valence-corrected chi connectivity index (χ3v) is 4.83. The van der Waals surface area contributed by atoms with Crippen molar-refractivity contribution in [1.29, 1.82) is 5.26 Å². The van der Waals surface area contributed by atoms with Gasteiger partial charge in [-0.15, -0.1) is 0 Å². The molecule has 0 atom stereocenters. The quantitative estimate of drug-likeness (QED) is 0.646. The van der Waals surface area contributed by atoms with Crippen LogP contribution >= 0.6 is 0 Å². The molecule has 0 unspecified atom stereocenters. The highest BCUT2D eigenvalue weighted by Gasteiger charge is 2.12. The second kappa shape index (κ2) is 9.01. The molecule has 0 aliphatic heterocycles. The fraction of sp³-hybridized carbons (Fsp3) is 0.261. The first-order chi connectivity index (χ1) is 13.6. The second-order valence-electron chi connectivity index (χ2n) is 6.82. The van der Waals surface area contributed by atoms with Crippen LogP contribution in [0.4, 0.5) is 0 Å². The van der Waals surface area contributed by atoms with Crippen molar-refractivity contribution in [1.82, 2.24) is 9.78 Å². The summed E-state index contributed by atoms with van der Waals surface area (Å²) in [7, 11) is 0. The van der Waals surface area contributed by atoms with E-state index in [1.807, 2.05) is 41.1 Å². The van der Waals surface area contributed by atoms with E-state index >= 15 is 0 Å². The summed E-state index contributed by atoms with van der Waals surface area (Å²) in [6, 6.07) is 19.9. The van der Waals surface area contributed by atoms with Gasteiger partial charge in [0, 0.05) is 12.2 Å². The lowest BCUT2D eigenvalue weighted by Crippen LogP contribution is -2.13. The topological polar surface area (TPSA) is 84.7 Å². The van der Waals surface area contributed by atoms with Crippen molar-refractivity contribution >= 4 is 5.91 Å². The van der Waals surface area contributed by atoms with Gasteiger partial charge in [-0.25, -0.2) is 0 Å². The van der Waals surface area contributed by atoms with Crippen LogP contribution in [-0.4, -0.2) is 15.7 Å². The van der Waals surface area contributed by atoms with Crippen molar-refractivity contribution in [2.45, 2.75) is 39.2 Å². The van der Waals surface area contributed by atoms with Crippen molar-refractivity contribution in [3.8, 4) is 17.2 Å². The van der Waals surface area contributed by atoms with E-state index in [2.05, 4.69) is 30.2 Å². The molecule has 2 N–H and O–H groups in total. The zero-order valence-corrected chi connectivity index (χ0v) is 16.1. The molecule has 0 aliphatic rings. The van der Waals surface area contributed by atoms with Gasteiger partial charge in [0.15, 0.2) is 0 Å². The number of nitrogens with two attached hydrogens (primary N) is 1. The molecule has 3 rings (SSSR count). The lowest BCUT2D eigenvalue weighted by Gasteiger charge is -2.09. The van der Waals surface area contributed by atoms with Crippen LogP contribution < -0.4 is 5.73 Å². The summed E-state index contributed by atoms with van der Waals surface area (Å²) in [6.45, 7) is 2.84. The van der Waals surface area contributed by atoms with E-state index in [4.69, 9.17) is 5.73 Å². The first-order valence-electron chi connectivity index (χ1n) is 9.57. The van der Waals surface area contributed by atoms with E-state index in [9.17, 15) is 10.1 Å². The number of hydrogen-bond donors (Lipinski definition) is 1. The third kappa shape index (κ3) is 4.47. The number of benzene rings is 2. The number of nitrogens with zero attached hydrogens (tertiary/aromatic N) is 3. The predicted molar refractivity (Wildman–Crippen MR) is 110 cm³/mol. The molecule has 2 aromatic carbocycles. The minimum absolute atomic E-state index is 0.328. The fourth-order valence-electron chi connectivity index (χ4n) is 3.25. The molecule has 1 amide bonds. The van der Waals surface area contributed by atoms with E-state index in [1.54, 1.807) is 6.07 Å². The van der Waals surface area contributed by atoms with Crippen LogP contribution in [-0.2, 0) is 19.4 Å². The molecule has 0 radical (unpaired) electrons. The summed E-state index contributed by atoms with van der Waals surface area (Å²) in [5, 5.41) is 13.7. The van der Waals surface area contributed by atoms with Gasteiger partial charge < -0.3 is 5.73 Å². The maximum Gasteiger partial charge on any atom is 0.269 e. The number of aryl methyl sites for hydroxylation is 3. The van der Waals surface area contributed by atoms with Crippen molar-refractivity contribution < 1.29 is 4.79 Å². The first kappa shape index (κ1) is 19.4. The van der Waals surface area contributed by atoms with Gasteiger partial charge >= 0.3 is 0 Å². The molecule has 0 bridgehead atoms. The number of unbranched alkanes of at least 4 members (excludes halogenated alkanes) is 1. The van der Waals surface area contributed by atoms with Crippen molar-refractivity contribution in [2.75, 3.05) is 0 Å². The molecule has 0 saturated heterocycles. The summed E-state index contributed by atoms with van der Waals surface area (Å²) in [4.78, 5) is 11.5. The second-order valence-corrected chi connectivity index (χ2v) is 6.82. The molecule has 5 nitrogen and oxygen atoms in total. The number of rotatable bonds is 8. The SMILES string of the molecule is CCCCc1cc(C(N)=O)nn1CCc1ccc(-c2ccccc2C#N)cc1. The monoisotopic (exact) mass is 372 g/mol. The van der Waals surface area contributed by atoms with E-state index in [0.717, 1.165) is 42.5 Å². The minimum atomic E-state index is -0.489. The van der Waals surface area contributed by atoms with Gasteiger partial charge in [-0.1, -0.05) is 55.8 Å². The molecule has 3 aromatic rings. The Morgan fingerprint density at radius 2 is 1.89 bits per heavy atom. The molecule has 142 valence electrons. The number of nitriles is 1. The van der Waals surface area contributed by atoms with E-state index in [0.29, 0.717) is 17.8 Å². The average molecular weight is 372 g/mol. The van der Waals surface area contributed by atoms with Crippen LogP contribution in [0.3, 0.4) is 0 Å². The average Bonchev–Trinajstić information content (AvgIpc) is 3.14. The Labute approximate surface area is 165 Å². The number of aromatic nitrogens is 2. The summed E-state index contributed by atoms with van der Waals surface area (Å²) in [5.41, 5.74) is 10.6. The molecule has 0 fully saturated rings. The highest BCUT2D eigenvalue weighted by atomic mass is 16.1. The van der Waals surface area contributed by atoms with Crippen molar-refractivity contribution in [2.24, 2.45) is 5.73 Å². The number of hydrogen-bond acceptors (Lipinski definition) is 3. The van der Waals surface area contributed by atoms with Crippen molar-refractivity contribution in [3.05, 3.63) is 77.1 Å². The zero-order chi connectivity index (χ0) is 19.9. The standard InChI is InChI=1S/C23H24N4O/c1-2-3-7-20-15-22(23(25)28)26-27(20)14-13-17-9-11-18(12-10-17)21-8-5-4-6-19(21)16-24/h4-6,8-12,15H,2-3,7,13-14H2,1H3,(H2,25,28). The zero-order valence-electron chi connectivity index (χ0n) is 16.1. The maximum atomic E-state index is 11.5. The number of carbonyl (C=O) groups is 1. The first-order valence-corrected chi connectivity index (χ1v) is 9.57. The molecule has 28 heavy (non-hydrogen) atoms. The molecule has 1 heterocycles. The fourth-order valence-corrected chi connectivity index (χ4v) is 3.25. The lowest BCUT2D eigenvalue weighted by atomic mass is 9.99. The molecule has 0 aliphatic carbocycles. The van der Waals surface area contributed by atoms with E-state index in [1.165, 1.54) is 5.56 Å². The molecular weight excluding hydrogens is 348 g/mol. The summed E-state index contributed by atoms with van der Waals surface area (Å²) in [6.07, 6.45) is 3.83. The normalized spacial score (nSPS) is 10.6. The molecule has 0 saturated carbocycles. The Balaban J connectivity index is 1.73. The van der Waals surface area contributed by atoms with Crippen molar-refractivity contribution in [3.63, 3.8) is 0 Å². The maximum absolute atomic E-state index is 11.5. The van der Waals surface area contributed by atoms with Crippen LogP contribution in [0.15, 0.2) is 54.6 Å². The smallest absolute Gasteiger partial charge is 0.269 e. The number of carbonyl (C=O) groups excluding carboxylic acids is 1. The van der Waals surface area contributed by atoms with Crippen LogP contribution in [0.1, 0.15) is 47.1 Å². The Hall–Kier alpha value is -3.39. The largest absolute Gasteiger partial charge is 0.364 e. The minimum Gasteiger partial charge on any atom is -0.364 e. The van der Waals surface area contributed by atoms with E-state index < -0.39 is 5.91 Å². The molecule has 0 spiro atoms. The van der Waals surface area contributed by atoms with Gasteiger partial charge in [-0.05, 0) is 48.1 Å². The predicted octanol–water partition coefficient (Wildman–Crippen LogP) is 4.11. The van der Waals surface area contributed by atoms with Gasteiger partial charge in [-0.2, -0.15) is 10.4 Å². The van der Waals surface area contributed by atoms with Gasteiger partial charge in [0.2, 0.25) is 0 Å². The van der Waals surface area contributed by atoms with Gasteiger partial charge in [-0.3, -0.25) is 9.48 Å². The highest BCUT2D eigenvalue weighted by Crippen LogP contribution is 2.23. The molecule has 5 heteroatoms. The Bertz CT molecular complexity index is 996. The number of amides is 1. The summed E-state index contributed by atoms with van der Waals surface area (Å²) >= 11 is 0. The van der Waals surface area contributed by atoms with Crippen LogP contribution in [0.5, 0.6) is 0 Å². The Morgan fingerprint density at radius 1 is 1.14 bits per heavy atom. The Kier molecular flexibility index (Phi) is 6.23. The van der Waals surface area contributed by atoms with E-state index in [-0.39, 0.29) is 0 Å². The third-order valence-electron chi connectivity index (χ3n) is 4.83. The van der Waals surface area contributed by atoms with Gasteiger partial charge in [0.1, 0.15) is 5.69 Å². The highest BCUT2D eigenvalue weighted by molar-refractivity contribution is 5.90. The van der Waals surface area contributed by atoms with Gasteiger partial charge in [0.25, 0.3) is 5.91 Å². The lowest BCUT2D eigenvalue weighted by molar-refractivity contribution is 0.0994.